The van der Waals surface area contributed by atoms with Crippen molar-refractivity contribution < 1.29 is 5.11 Å². The van der Waals surface area contributed by atoms with Gasteiger partial charge in [-0.1, -0.05) is 53.2 Å². The van der Waals surface area contributed by atoms with Gasteiger partial charge in [0.1, 0.15) is 5.75 Å². The first kappa shape index (κ1) is 11.2. The van der Waals surface area contributed by atoms with E-state index >= 15 is 0 Å². The number of aromatic hydroxyl groups is 1. The van der Waals surface area contributed by atoms with Crippen LogP contribution in [0.1, 0.15) is 12.5 Å². The van der Waals surface area contributed by atoms with Crippen LogP contribution in [-0.2, 0) is 6.42 Å². The minimum atomic E-state index is 0.386. The quantitative estimate of drug-likeness (QED) is 0.863. The average Bonchev–Trinajstić information content (AvgIpc) is 2.33. The summed E-state index contributed by atoms with van der Waals surface area (Å²) in [6.45, 7) is 2.04. The summed E-state index contributed by atoms with van der Waals surface area (Å²) in [5.41, 5.74) is 2.89. The highest BCUT2D eigenvalue weighted by molar-refractivity contribution is 9.10. The number of halogens is 1. The molecule has 0 spiro atoms. The summed E-state index contributed by atoms with van der Waals surface area (Å²) in [7, 11) is 0. The van der Waals surface area contributed by atoms with Crippen LogP contribution in [0, 0.1) is 0 Å². The van der Waals surface area contributed by atoms with Gasteiger partial charge in [-0.2, -0.15) is 0 Å². The molecule has 0 fully saturated rings. The van der Waals surface area contributed by atoms with Gasteiger partial charge in [0.25, 0.3) is 0 Å². The van der Waals surface area contributed by atoms with Gasteiger partial charge in [0, 0.05) is 10.0 Å². The first-order valence-electron chi connectivity index (χ1n) is 5.29. The molecule has 2 heteroatoms. The van der Waals surface area contributed by atoms with Crippen LogP contribution < -0.4 is 0 Å². The molecular weight excluding hydrogens is 264 g/mol. The van der Waals surface area contributed by atoms with Gasteiger partial charge in [0.2, 0.25) is 0 Å². The molecule has 0 atom stereocenters. The highest BCUT2D eigenvalue weighted by atomic mass is 79.9. The van der Waals surface area contributed by atoms with Crippen LogP contribution >= 0.6 is 15.9 Å². The largest absolute Gasteiger partial charge is 0.507 e. The Morgan fingerprint density at radius 1 is 1.12 bits per heavy atom. The number of phenols is 1. The van der Waals surface area contributed by atoms with Gasteiger partial charge >= 0.3 is 0 Å². The molecule has 0 heterocycles. The molecule has 0 bridgehead atoms. The smallest absolute Gasteiger partial charge is 0.126 e. The van der Waals surface area contributed by atoms with Gasteiger partial charge in [-0.05, 0) is 29.7 Å². The normalized spacial score (nSPS) is 10.4. The Labute approximate surface area is 104 Å². The Kier molecular flexibility index (Phi) is 3.30. The molecule has 82 valence electrons. The number of hydrogen-bond donors (Lipinski definition) is 1. The van der Waals surface area contributed by atoms with E-state index in [-0.39, 0.29) is 0 Å². The van der Waals surface area contributed by atoms with Crippen molar-refractivity contribution in [1.29, 1.82) is 0 Å². The summed E-state index contributed by atoms with van der Waals surface area (Å²) >= 11 is 3.47. The van der Waals surface area contributed by atoms with Gasteiger partial charge in [0.15, 0.2) is 0 Å². The zero-order chi connectivity index (χ0) is 11.5. The number of rotatable bonds is 2. The molecular formula is C14H13BrO. The first-order chi connectivity index (χ1) is 7.72. The van der Waals surface area contributed by atoms with Gasteiger partial charge in [-0.25, -0.2) is 0 Å². The third-order valence-electron chi connectivity index (χ3n) is 2.62. The number of aryl methyl sites for hydroxylation is 1. The second-order valence-corrected chi connectivity index (χ2v) is 4.60. The maximum Gasteiger partial charge on any atom is 0.126 e. The molecule has 0 aliphatic heterocycles. The molecule has 0 radical (unpaired) electrons. The van der Waals surface area contributed by atoms with E-state index in [0.717, 1.165) is 27.6 Å². The van der Waals surface area contributed by atoms with Crippen molar-refractivity contribution in [2.45, 2.75) is 13.3 Å². The monoisotopic (exact) mass is 276 g/mol. The van der Waals surface area contributed by atoms with Crippen LogP contribution in [0.4, 0.5) is 0 Å². The molecule has 2 rings (SSSR count). The third kappa shape index (κ3) is 2.12. The second kappa shape index (κ2) is 4.71. The molecule has 0 unspecified atom stereocenters. The molecule has 2 aromatic carbocycles. The van der Waals surface area contributed by atoms with Crippen molar-refractivity contribution in [2.24, 2.45) is 0 Å². The summed E-state index contributed by atoms with van der Waals surface area (Å²) < 4.78 is 1.00. The topological polar surface area (TPSA) is 20.2 Å². The Balaban J connectivity index is 2.61. The Morgan fingerprint density at radius 3 is 2.44 bits per heavy atom. The summed E-state index contributed by atoms with van der Waals surface area (Å²) in [5.74, 6) is 0.386. The van der Waals surface area contributed by atoms with E-state index in [1.165, 1.54) is 0 Å². The zero-order valence-electron chi connectivity index (χ0n) is 9.07. The van der Waals surface area contributed by atoms with Crippen LogP contribution in [0.5, 0.6) is 5.75 Å². The van der Waals surface area contributed by atoms with E-state index in [9.17, 15) is 5.11 Å². The minimum absolute atomic E-state index is 0.386. The molecule has 2 aromatic rings. The van der Waals surface area contributed by atoms with Crippen LogP contribution in [0.25, 0.3) is 11.1 Å². The van der Waals surface area contributed by atoms with Crippen molar-refractivity contribution in [3.63, 3.8) is 0 Å². The minimum Gasteiger partial charge on any atom is -0.507 e. The van der Waals surface area contributed by atoms with Gasteiger partial charge in [0.05, 0.1) is 0 Å². The molecule has 0 amide bonds. The lowest BCUT2D eigenvalue weighted by Gasteiger charge is -2.09. The van der Waals surface area contributed by atoms with Gasteiger partial charge in [-0.15, -0.1) is 0 Å². The average molecular weight is 277 g/mol. The molecule has 0 saturated heterocycles. The van der Waals surface area contributed by atoms with Crippen molar-refractivity contribution >= 4 is 15.9 Å². The molecule has 0 aliphatic rings. The Morgan fingerprint density at radius 2 is 1.81 bits per heavy atom. The fourth-order valence-corrected chi connectivity index (χ4v) is 2.27. The highest BCUT2D eigenvalue weighted by Gasteiger charge is 2.09. The first-order valence-corrected chi connectivity index (χ1v) is 6.08. The lowest BCUT2D eigenvalue weighted by atomic mass is 10.0. The van der Waals surface area contributed by atoms with Crippen molar-refractivity contribution in [3.05, 3.63) is 52.5 Å². The van der Waals surface area contributed by atoms with Crippen molar-refractivity contribution in [2.75, 3.05) is 0 Å². The van der Waals surface area contributed by atoms with Crippen molar-refractivity contribution in [3.8, 4) is 16.9 Å². The summed E-state index contributed by atoms with van der Waals surface area (Å²) in [4.78, 5) is 0. The summed E-state index contributed by atoms with van der Waals surface area (Å²) in [6.07, 6.45) is 0.825. The summed E-state index contributed by atoms with van der Waals surface area (Å²) in [6, 6.07) is 13.8. The predicted molar refractivity (Wildman–Crippen MR) is 70.6 cm³/mol. The Hall–Kier alpha value is -1.28. The maximum absolute atomic E-state index is 10.1. The molecule has 0 aliphatic carbocycles. The van der Waals surface area contributed by atoms with Gasteiger partial charge < -0.3 is 5.11 Å². The molecule has 1 N–H and O–H groups in total. The van der Waals surface area contributed by atoms with Crippen LogP contribution in [0.2, 0.25) is 0 Å². The van der Waals surface area contributed by atoms with Crippen LogP contribution in [0.15, 0.2) is 46.9 Å². The zero-order valence-corrected chi connectivity index (χ0v) is 10.7. The maximum atomic E-state index is 10.1. The van der Waals surface area contributed by atoms with E-state index in [2.05, 4.69) is 15.9 Å². The number of benzene rings is 2. The van der Waals surface area contributed by atoms with Gasteiger partial charge in [-0.3, -0.25) is 0 Å². The van der Waals surface area contributed by atoms with Crippen LogP contribution in [0.3, 0.4) is 0 Å². The fourth-order valence-electron chi connectivity index (χ4n) is 1.76. The highest BCUT2D eigenvalue weighted by Crippen LogP contribution is 2.35. The third-order valence-corrected chi connectivity index (χ3v) is 3.08. The lowest BCUT2D eigenvalue weighted by Crippen LogP contribution is -1.86. The molecule has 16 heavy (non-hydrogen) atoms. The molecule has 0 saturated carbocycles. The lowest BCUT2D eigenvalue weighted by molar-refractivity contribution is 0.471. The molecule has 0 aromatic heterocycles. The Bertz CT molecular complexity index is 492. The van der Waals surface area contributed by atoms with E-state index < -0.39 is 0 Å². The van der Waals surface area contributed by atoms with E-state index in [1.807, 2.05) is 49.4 Å². The molecule has 1 nitrogen and oxygen atoms in total. The van der Waals surface area contributed by atoms with Crippen molar-refractivity contribution in [1.82, 2.24) is 0 Å². The van der Waals surface area contributed by atoms with E-state index in [0.29, 0.717) is 5.75 Å². The summed E-state index contributed by atoms with van der Waals surface area (Å²) in [5, 5.41) is 10.1. The second-order valence-electron chi connectivity index (χ2n) is 3.68. The number of hydrogen-bond acceptors (Lipinski definition) is 1. The van der Waals surface area contributed by atoms with E-state index in [4.69, 9.17) is 0 Å². The van der Waals surface area contributed by atoms with E-state index in [1.54, 1.807) is 0 Å². The number of phenolic OH excluding ortho intramolecular Hbond substituents is 1. The standard InChI is InChI=1S/C14H13BrO/c1-2-10-8-12(15)9-13(14(10)16)11-6-4-3-5-7-11/h3-9,16H,2H2,1H3. The fraction of sp³-hybridized carbons (Fsp3) is 0.143. The predicted octanol–water partition coefficient (Wildman–Crippen LogP) is 4.38. The van der Waals surface area contributed by atoms with Crippen LogP contribution in [-0.4, -0.2) is 5.11 Å². The SMILES string of the molecule is CCc1cc(Br)cc(-c2ccccc2)c1O.